The first-order chi connectivity index (χ1) is 16.2. The van der Waals surface area contributed by atoms with Crippen LogP contribution in [-0.4, -0.2) is 55.1 Å². The van der Waals surface area contributed by atoms with Crippen LogP contribution in [0.5, 0.6) is 11.5 Å². The Hall–Kier alpha value is -3.31. The predicted molar refractivity (Wildman–Crippen MR) is 131 cm³/mol. The van der Waals surface area contributed by atoms with E-state index in [4.69, 9.17) is 9.47 Å². The van der Waals surface area contributed by atoms with Crippen LogP contribution in [0.2, 0.25) is 0 Å². The molecular weight excluding hydrogens is 412 g/mol. The number of para-hydroxylation sites is 2. The number of nitrogens with zero attached hydrogens (tertiary/aromatic N) is 2. The molecule has 3 aromatic rings. The molecule has 0 aromatic heterocycles. The van der Waals surface area contributed by atoms with E-state index in [1.54, 1.807) is 7.11 Å². The van der Waals surface area contributed by atoms with Gasteiger partial charge in [0.05, 0.1) is 13.2 Å². The Balaban J connectivity index is 1.45. The van der Waals surface area contributed by atoms with Gasteiger partial charge in [0.2, 0.25) is 0 Å². The second-order valence-electron chi connectivity index (χ2n) is 8.25. The Morgan fingerprint density at radius 3 is 1.82 bits per heavy atom. The Morgan fingerprint density at radius 1 is 0.788 bits per heavy atom. The SMILES string of the molecule is CC[C@@H](Oc1ccccc1OC)C(=O)N1CCN(C(c2ccccc2)c2ccccc2)CC1. The molecule has 1 heterocycles. The van der Waals surface area contributed by atoms with Crippen LogP contribution in [0.1, 0.15) is 30.5 Å². The van der Waals surface area contributed by atoms with Gasteiger partial charge in [0.1, 0.15) is 0 Å². The van der Waals surface area contributed by atoms with Gasteiger partial charge < -0.3 is 14.4 Å². The van der Waals surface area contributed by atoms with E-state index in [9.17, 15) is 4.79 Å². The lowest BCUT2D eigenvalue weighted by Crippen LogP contribution is -2.53. The van der Waals surface area contributed by atoms with Crippen LogP contribution in [0.3, 0.4) is 0 Å². The van der Waals surface area contributed by atoms with Gasteiger partial charge in [-0.05, 0) is 29.7 Å². The summed E-state index contributed by atoms with van der Waals surface area (Å²) in [6, 6.07) is 28.8. The third kappa shape index (κ3) is 5.37. The first kappa shape index (κ1) is 22.9. The number of ether oxygens (including phenoxy) is 2. The van der Waals surface area contributed by atoms with Crippen LogP contribution in [-0.2, 0) is 4.79 Å². The first-order valence-electron chi connectivity index (χ1n) is 11.6. The summed E-state index contributed by atoms with van der Waals surface area (Å²) in [7, 11) is 1.61. The summed E-state index contributed by atoms with van der Waals surface area (Å²) in [5, 5.41) is 0. The second-order valence-corrected chi connectivity index (χ2v) is 8.25. The number of benzene rings is 3. The van der Waals surface area contributed by atoms with Crippen molar-refractivity contribution in [2.24, 2.45) is 0 Å². The van der Waals surface area contributed by atoms with Crippen molar-refractivity contribution in [2.75, 3.05) is 33.3 Å². The van der Waals surface area contributed by atoms with Crippen molar-refractivity contribution in [1.82, 2.24) is 9.80 Å². The topological polar surface area (TPSA) is 42.0 Å². The number of amides is 1. The van der Waals surface area contributed by atoms with Gasteiger partial charge in [-0.15, -0.1) is 0 Å². The van der Waals surface area contributed by atoms with Crippen molar-refractivity contribution in [3.05, 3.63) is 96.1 Å². The summed E-state index contributed by atoms with van der Waals surface area (Å²) in [5.41, 5.74) is 2.55. The summed E-state index contributed by atoms with van der Waals surface area (Å²) in [6.45, 7) is 4.97. The highest BCUT2D eigenvalue weighted by Gasteiger charge is 2.31. The summed E-state index contributed by atoms with van der Waals surface area (Å²) >= 11 is 0. The van der Waals surface area contributed by atoms with Crippen LogP contribution >= 0.6 is 0 Å². The van der Waals surface area contributed by atoms with Gasteiger partial charge in [0.25, 0.3) is 5.91 Å². The summed E-state index contributed by atoms with van der Waals surface area (Å²) < 4.78 is 11.5. The van der Waals surface area contributed by atoms with Crippen molar-refractivity contribution < 1.29 is 14.3 Å². The third-order valence-corrected chi connectivity index (χ3v) is 6.21. The molecule has 0 saturated carbocycles. The number of hydrogen-bond donors (Lipinski definition) is 0. The number of hydrogen-bond acceptors (Lipinski definition) is 4. The molecule has 0 radical (unpaired) electrons. The average molecular weight is 445 g/mol. The number of rotatable bonds is 8. The molecule has 0 bridgehead atoms. The van der Waals surface area contributed by atoms with Crippen LogP contribution in [0.4, 0.5) is 0 Å². The standard InChI is InChI=1S/C28H32N2O3/c1-3-24(33-26-17-11-10-16-25(26)32-2)28(31)30-20-18-29(19-21-30)27(22-12-6-4-7-13-22)23-14-8-5-9-15-23/h4-17,24,27H,3,18-21H2,1-2H3/t24-/m1/s1. The molecule has 0 aliphatic carbocycles. The van der Waals surface area contributed by atoms with E-state index >= 15 is 0 Å². The molecule has 1 amide bonds. The minimum absolute atomic E-state index is 0.0408. The van der Waals surface area contributed by atoms with E-state index in [2.05, 4.69) is 65.6 Å². The van der Waals surface area contributed by atoms with Crippen LogP contribution in [0.25, 0.3) is 0 Å². The number of piperazine rings is 1. The van der Waals surface area contributed by atoms with Gasteiger partial charge in [0.15, 0.2) is 17.6 Å². The number of carbonyl (C=O) groups is 1. The largest absolute Gasteiger partial charge is 0.493 e. The van der Waals surface area contributed by atoms with E-state index in [-0.39, 0.29) is 11.9 Å². The highest BCUT2D eigenvalue weighted by molar-refractivity contribution is 5.81. The maximum absolute atomic E-state index is 13.3. The summed E-state index contributed by atoms with van der Waals surface area (Å²) in [6.07, 6.45) is 0.0835. The lowest BCUT2D eigenvalue weighted by Gasteiger charge is -2.40. The lowest BCUT2D eigenvalue weighted by atomic mass is 9.96. The zero-order valence-corrected chi connectivity index (χ0v) is 19.4. The van der Waals surface area contributed by atoms with Gasteiger partial charge in [-0.1, -0.05) is 79.7 Å². The van der Waals surface area contributed by atoms with Gasteiger partial charge >= 0.3 is 0 Å². The summed E-state index contributed by atoms with van der Waals surface area (Å²) in [5.74, 6) is 1.29. The second kappa shape index (κ2) is 11.0. The molecule has 0 N–H and O–H groups in total. The molecule has 4 rings (SSSR count). The fraction of sp³-hybridized carbons (Fsp3) is 0.321. The highest BCUT2D eigenvalue weighted by Crippen LogP contribution is 2.30. The van der Waals surface area contributed by atoms with Crippen LogP contribution < -0.4 is 9.47 Å². The fourth-order valence-electron chi connectivity index (χ4n) is 4.47. The Labute approximate surface area is 196 Å². The third-order valence-electron chi connectivity index (χ3n) is 6.21. The molecule has 1 aliphatic heterocycles. The zero-order valence-electron chi connectivity index (χ0n) is 19.4. The normalized spacial score (nSPS) is 15.3. The molecule has 3 aromatic carbocycles. The maximum atomic E-state index is 13.3. The molecule has 1 saturated heterocycles. The van der Waals surface area contributed by atoms with Crippen molar-refractivity contribution in [1.29, 1.82) is 0 Å². The number of methoxy groups -OCH3 is 1. The van der Waals surface area contributed by atoms with Crippen molar-refractivity contribution in [3.63, 3.8) is 0 Å². The van der Waals surface area contributed by atoms with Crippen LogP contribution in [0.15, 0.2) is 84.9 Å². The van der Waals surface area contributed by atoms with E-state index in [0.717, 1.165) is 13.1 Å². The van der Waals surface area contributed by atoms with Crippen molar-refractivity contribution >= 4 is 5.91 Å². The molecule has 5 nitrogen and oxygen atoms in total. The average Bonchev–Trinajstić information content (AvgIpc) is 2.89. The fourth-order valence-corrected chi connectivity index (χ4v) is 4.47. The Kier molecular flexibility index (Phi) is 7.63. The highest BCUT2D eigenvalue weighted by atomic mass is 16.5. The first-order valence-corrected chi connectivity index (χ1v) is 11.6. The molecule has 33 heavy (non-hydrogen) atoms. The molecule has 0 spiro atoms. The Bertz CT molecular complexity index is 978. The molecule has 0 unspecified atom stereocenters. The van der Waals surface area contributed by atoms with E-state index in [1.807, 2.05) is 36.1 Å². The van der Waals surface area contributed by atoms with Gasteiger partial charge in [-0.3, -0.25) is 9.69 Å². The molecule has 1 fully saturated rings. The monoisotopic (exact) mass is 444 g/mol. The molecule has 172 valence electrons. The Morgan fingerprint density at radius 2 is 1.30 bits per heavy atom. The minimum atomic E-state index is -0.521. The van der Waals surface area contributed by atoms with Gasteiger partial charge in [-0.25, -0.2) is 0 Å². The maximum Gasteiger partial charge on any atom is 0.263 e. The quantitative estimate of drug-likeness (QED) is 0.501. The molecule has 1 atom stereocenters. The van der Waals surface area contributed by atoms with Gasteiger partial charge in [0, 0.05) is 26.2 Å². The predicted octanol–water partition coefficient (Wildman–Crippen LogP) is 4.79. The molecular formula is C28H32N2O3. The van der Waals surface area contributed by atoms with Crippen molar-refractivity contribution in [2.45, 2.75) is 25.5 Å². The van der Waals surface area contributed by atoms with E-state index in [0.29, 0.717) is 31.0 Å². The van der Waals surface area contributed by atoms with Crippen molar-refractivity contribution in [3.8, 4) is 11.5 Å². The van der Waals surface area contributed by atoms with Gasteiger partial charge in [-0.2, -0.15) is 0 Å². The van der Waals surface area contributed by atoms with Crippen LogP contribution in [0, 0.1) is 0 Å². The number of carbonyl (C=O) groups excluding carboxylic acids is 1. The zero-order chi connectivity index (χ0) is 23.0. The summed E-state index contributed by atoms with van der Waals surface area (Å²) in [4.78, 5) is 17.7. The molecule has 1 aliphatic rings. The van der Waals surface area contributed by atoms with E-state index in [1.165, 1.54) is 11.1 Å². The minimum Gasteiger partial charge on any atom is -0.493 e. The lowest BCUT2D eigenvalue weighted by molar-refractivity contribution is -0.140. The smallest absolute Gasteiger partial charge is 0.263 e. The van der Waals surface area contributed by atoms with E-state index < -0.39 is 6.10 Å². The molecule has 5 heteroatoms.